The van der Waals surface area contributed by atoms with Crippen LogP contribution in [0.1, 0.15) is 11.3 Å². The first-order valence-corrected chi connectivity index (χ1v) is 9.31. The number of hydrogen-bond acceptors (Lipinski definition) is 4. The van der Waals surface area contributed by atoms with Crippen LogP contribution >= 0.6 is 22.9 Å². The number of nitrogens with zero attached hydrogens (tertiary/aromatic N) is 2. The van der Waals surface area contributed by atoms with Gasteiger partial charge in [0.15, 0.2) is 5.13 Å². The Morgan fingerprint density at radius 1 is 1.12 bits per heavy atom. The summed E-state index contributed by atoms with van der Waals surface area (Å²) < 4.78 is 6.39. The van der Waals surface area contributed by atoms with Gasteiger partial charge in [-0.3, -0.25) is 9.69 Å². The molecule has 0 spiro atoms. The maximum Gasteiger partial charge on any atom is 0.233 e. The molecule has 4 rings (SSSR count). The van der Waals surface area contributed by atoms with E-state index in [1.165, 1.54) is 11.3 Å². The van der Waals surface area contributed by atoms with Crippen molar-refractivity contribution >= 4 is 44.2 Å². The third kappa shape index (κ3) is 3.64. The van der Waals surface area contributed by atoms with Crippen molar-refractivity contribution in [3.8, 4) is 0 Å². The topological polar surface area (TPSA) is 46.3 Å². The van der Waals surface area contributed by atoms with Crippen molar-refractivity contribution in [1.29, 1.82) is 0 Å². The van der Waals surface area contributed by atoms with E-state index in [9.17, 15) is 4.79 Å². The largest absolute Gasteiger partial charge is 0.467 e. The van der Waals surface area contributed by atoms with Crippen LogP contribution in [-0.4, -0.2) is 10.9 Å². The van der Waals surface area contributed by atoms with Gasteiger partial charge in [-0.05, 0) is 35.9 Å². The van der Waals surface area contributed by atoms with Gasteiger partial charge >= 0.3 is 0 Å². The predicted octanol–water partition coefficient (Wildman–Crippen LogP) is 5.32. The molecule has 0 aliphatic rings. The Bertz CT molecular complexity index is 1030. The average molecular weight is 383 g/mol. The molecule has 2 aromatic carbocycles. The fraction of sp³-hybridized carbons (Fsp3) is 0.100. The third-order valence-corrected chi connectivity index (χ3v) is 5.24. The summed E-state index contributed by atoms with van der Waals surface area (Å²) in [6.07, 6.45) is 1.91. The number of carbonyl (C=O) groups excluding carboxylic acids is 1. The summed E-state index contributed by atoms with van der Waals surface area (Å²) in [4.78, 5) is 19.3. The number of amides is 1. The van der Waals surface area contributed by atoms with Gasteiger partial charge in [0.25, 0.3) is 0 Å². The zero-order chi connectivity index (χ0) is 17.9. The second-order valence-corrected chi connectivity index (χ2v) is 7.28. The summed E-state index contributed by atoms with van der Waals surface area (Å²) in [5.74, 6) is 0.682. The van der Waals surface area contributed by atoms with Gasteiger partial charge in [-0.25, -0.2) is 4.98 Å². The molecule has 0 saturated carbocycles. The molecule has 0 atom stereocenters. The molecule has 2 aromatic heterocycles. The van der Waals surface area contributed by atoms with Gasteiger partial charge in [0.1, 0.15) is 5.76 Å². The molecule has 0 aliphatic heterocycles. The van der Waals surface area contributed by atoms with Crippen LogP contribution in [0.4, 0.5) is 5.13 Å². The summed E-state index contributed by atoms with van der Waals surface area (Å²) in [6.45, 7) is 0.340. The number of thiazole rings is 1. The Hall–Kier alpha value is -2.63. The van der Waals surface area contributed by atoms with Crippen molar-refractivity contribution in [2.45, 2.75) is 13.0 Å². The Morgan fingerprint density at radius 2 is 1.96 bits per heavy atom. The van der Waals surface area contributed by atoms with E-state index in [4.69, 9.17) is 16.0 Å². The summed E-state index contributed by atoms with van der Waals surface area (Å²) in [7, 11) is 0. The number of carbonyl (C=O) groups is 1. The molecule has 26 heavy (non-hydrogen) atoms. The van der Waals surface area contributed by atoms with Crippen LogP contribution in [-0.2, 0) is 17.8 Å². The molecule has 0 fully saturated rings. The number of furan rings is 1. The standard InChI is InChI=1S/C20H15ClN2O2S/c21-15-8-9-17-18(12-15)26-20(22-17)23(13-16-7-4-10-25-16)19(24)11-14-5-2-1-3-6-14/h1-10,12H,11,13H2. The first-order chi connectivity index (χ1) is 12.7. The molecule has 0 aliphatic carbocycles. The number of hydrogen-bond donors (Lipinski definition) is 0. The van der Waals surface area contributed by atoms with Crippen LogP contribution in [0.3, 0.4) is 0 Å². The number of aromatic nitrogens is 1. The van der Waals surface area contributed by atoms with Gasteiger partial charge in [0.2, 0.25) is 5.91 Å². The van der Waals surface area contributed by atoms with E-state index in [0.29, 0.717) is 28.9 Å². The number of fused-ring (bicyclic) bond motifs is 1. The molecule has 130 valence electrons. The zero-order valence-corrected chi connectivity index (χ0v) is 15.3. The van der Waals surface area contributed by atoms with Crippen LogP contribution in [0, 0.1) is 0 Å². The predicted molar refractivity (Wildman–Crippen MR) is 105 cm³/mol. The highest BCUT2D eigenvalue weighted by atomic mass is 35.5. The molecule has 0 N–H and O–H groups in total. The summed E-state index contributed by atoms with van der Waals surface area (Å²) >= 11 is 7.52. The van der Waals surface area contributed by atoms with Crippen LogP contribution in [0.2, 0.25) is 5.02 Å². The van der Waals surface area contributed by atoms with Crippen LogP contribution < -0.4 is 4.90 Å². The van der Waals surface area contributed by atoms with E-state index >= 15 is 0 Å². The van der Waals surface area contributed by atoms with Crippen molar-refractivity contribution in [1.82, 2.24) is 4.98 Å². The molecule has 4 aromatic rings. The summed E-state index contributed by atoms with van der Waals surface area (Å²) in [5, 5.41) is 1.29. The second kappa shape index (κ2) is 7.32. The van der Waals surface area contributed by atoms with Crippen molar-refractivity contribution < 1.29 is 9.21 Å². The highest BCUT2D eigenvalue weighted by molar-refractivity contribution is 7.22. The van der Waals surface area contributed by atoms with Crippen LogP contribution in [0.15, 0.2) is 71.3 Å². The normalized spacial score (nSPS) is 11.0. The monoisotopic (exact) mass is 382 g/mol. The summed E-state index contributed by atoms with van der Waals surface area (Å²) in [6, 6.07) is 18.9. The van der Waals surface area contributed by atoms with Gasteiger partial charge in [0, 0.05) is 5.02 Å². The molecule has 6 heteroatoms. The Morgan fingerprint density at radius 3 is 2.73 bits per heavy atom. The van der Waals surface area contributed by atoms with E-state index < -0.39 is 0 Å². The Kier molecular flexibility index (Phi) is 4.73. The quantitative estimate of drug-likeness (QED) is 0.469. The highest BCUT2D eigenvalue weighted by Gasteiger charge is 2.21. The molecular formula is C20H15ClN2O2S. The first kappa shape index (κ1) is 16.8. The lowest BCUT2D eigenvalue weighted by molar-refractivity contribution is -0.118. The minimum Gasteiger partial charge on any atom is -0.467 e. The Balaban J connectivity index is 1.68. The van der Waals surface area contributed by atoms with Gasteiger partial charge in [-0.2, -0.15) is 0 Å². The average Bonchev–Trinajstić information content (AvgIpc) is 3.29. The highest BCUT2D eigenvalue weighted by Crippen LogP contribution is 2.32. The van der Waals surface area contributed by atoms with Crippen LogP contribution in [0.25, 0.3) is 10.2 Å². The van der Waals surface area contributed by atoms with Gasteiger partial charge in [-0.15, -0.1) is 0 Å². The number of anilines is 1. The van der Waals surface area contributed by atoms with Gasteiger partial charge in [0.05, 0.1) is 29.4 Å². The molecule has 0 saturated heterocycles. The maximum absolute atomic E-state index is 13.0. The van der Waals surface area contributed by atoms with Gasteiger partial charge < -0.3 is 4.42 Å². The molecule has 2 heterocycles. The fourth-order valence-electron chi connectivity index (χ4n) is 2.69. The minimum absolute atomic E-state index is 0.0299. The minimum atomic E-state index is -0.0299. The van der Waals surface area contributed by atoms with Crippen molar-refractivity contribution in [3.63, 3.8) is 0 Å². The molecule has 1 amide bonds. The van der Waals surface area contributed by atoms with Crippen LogP contribution in [0.5, 0.6) is 0 Å². The maximum atomic E-state index is 13.0. The number of halogens is 1. The number of rotatable bonds is 5. The van der Waals surface area contributed by atoms with E-state index in [2.05, 4.69) is 4.98 Å². The second-order valence-electron chi connectivity index (χ2n) is 5.83. The van der Waals surface area contributed by atoms with E-state index in [0.717, 1.165) is 15.8 Å². The SMILES string of the molecule is O=C(Cc1ccccc1)N(Cc1ccco1)c1nc2ccc(Cl)cc2s1. The lowest BCUT2D eigenvalue weighted by Gasteiger charge is -2.18. The molecular weight excluding hydrogens is 368 g/mol. The third-order valence-electron chi connectivity index (χ3n) is 3.96. The molecule has 0 radical (unpaired) electrons. The van der Waals surface area contributed by atoms with Crippen molar-refractivity contribution in [2.24, 2.45) is 0 Å². The van der Waals surface area contributed by atoms with E-state index in [1.54, 1.807) is 17.2 Å². The summed E-state index contributed by atoms with van der Waals surface area (Å²) in [5.41, 5.74) is 1.79. The fourth-order valence-corrected chi connectivity index (χ4v) is 3.95. The van der Waals surface area contributed by atoms with Crippen molar-refractivity contribution in [3.05, 3.63) is 83.3 Å². The molecule has 4 nitrogen and oxygen atoms in total. The number of benzene rings is 2. The lowest BCUT2D eigenvalue weighted by atomic mass is 10.1. The van der Waals surface area contributed by atoms with E-state index in [-0.39, 0.29) is 5.91 Å². The Labute approximate surface area is 159 Å². The first-order valence-electron chi connectivity index (χ1n) is 8.12. The van der Waals surface area contributed by atoms with Gasteiger partial charge in [-0.1, -0.05) is 53.3 Å². The zero-order valence-electron chi connectivity index (χ0n) is 13.8. The van der Waals surface area contributed by atoms with E-state index in [1.807, 2.05) is 54.6 Å². The molecule has 0 bridgehead atoms. The smallest absolute Gasteiger partial charge is 0.233 e. The molecule has 0 unspecified atom stereocenters. The van der Waals surface area contributed by atoms with Crippen molar-refractivity contribution in [2.75, 3.05) is 4.90 Å². The lowest BCUT2D eigenvalue weighted by Crippen LogP contribution is -2.31.